The van der Waals surface area contributed by atoms with Crippen LogP contribution in [-0.4, -0.2) is 181 Å². The van der Waals surface area contributed by atoms with Crippen LogP contribution in [-0.2, 0) is 48.0 Å². The number of hydrogen-bond acceptors (Lipinski definition) is 17. The summed E-state index contributed by atoms with van der Waals surface area (Å²) < 4.78 is 73.3. The first kappa shape index (κ1) is 59.2. The number of nitrogens with one attached hydrogen (secondary N) is 2. The van der Waals surface area contributed by atoms with Crippen LogP contribution >= 0.6 is 11.6 Å². The van der Waals surface area contributed by atoms with E-state index in [1.165, 1.54) is 45.3 Å². The fourth-order valence-electron chi connectivity index (χ4n) is 11.2. The molecule has 404 valence electrons. The summed E-state index contributed by atoms with van der Waals surface area (Å²) in [4.78, 5) is 14.6. The first-order chi connectivity index (χ1) is 32.6. The van der Waals surface area contributed by atoms with Crippen LogP contribution in [0.1, 0.15) is 114 Å². The summed E-state index contributed by atoms with van der Waals surface area (Å²) >= 11 is 6.08. The van der Waals surface area contributed by atoms with Crippen molar-refractivity contribution in [1.29, 1.82) is 0 Å². The molecule has 4 aliphatic rings. The first-order valence-corrected chi connectivity index (χ1v) is 27.1. The van der Waals surface area contributed by atoms with Gasteiger partial charge in [0.15, 0.2) is 12.6 Å². The minimum atomic E-state index is -4.15. The third kappa shape index (κ3) is 13.4. The van der Waals surface area contributed by atoms with Crippen molar-refractivity contribution in [2.75, 3.05) is 47.0 Å². The van der Waals surface area contributed by atoms with Gasteiger partial charge in [-0.1, -0.05) is 32.4 Å². The monoisotopic (exact) mass is 1040 g/mol. The van der Waals surface area contributed by atoms with Crippen molar-refractivity contribution in [3.8, 4) is 0 Å². The molecular formula is C50H86ClN3O15S. The number of methoxy groups -OCH3 is 1. The number of aliphatic hydroxyl groups is 5. The molecule has 4 fully saturated rings. The third-order valence-corrected chi connectivity index (χ3v) is 18.1. The second kappa shape index (κ2) is 24.4. The van der Waals surface area contributed by atoms with Gasteiger partial charge in [-0.25, -0.2) is 8.42 Å². The molecule has 0 unspecified atom stereocenters. The fourth-order valence-corrected chi connectivity index (χ4v) is 12.7. The Kier molecular flexibility index (Phi) is 20.6. The molecule has 0 saturated carbocycles. The van der Waals surface area contributed by atoms with Gasteiger partial charge in [0.2, 0.25) is 10.0 Å². The van der Waals surface area contributed by atoms with Gasteiger partial charge in [-0.15, -0.1) is 0 Å². The molecule has 0 spiro atoms. The molecule has 1 aromatic rings. The van der Waals surface area contributed by atoms with Gasteiger partial charge in [-0.2, -0.15) is 4.31 Å². The van der Waals surface area contributed by atoms with Crippen molar-refractivity contribution < 1.29 is 71.9 Å². The lowest BCUT2D eigenvalue weighted by Crippen LogP contribution is -2.70. The average Bonchev–Trinajstić information content (AvgIpc) is 3.31. The lowest BCUT2D eigenvalue weighted by atomic mass is 9.75. The minimum absolute atomic E-state index is 0.00996. The van der Waals surface area contributed by atoms with Gasteiger partial charge in [0.05, 0.1) is 46.9 Å². The number of carbonyl (C=O) groups excluding carboxylic acids is 1. The Morgan fingerprint density at radius 2 is 1.60 bits per heavy atom. The molecule has 5 rings (SSSR count). The zero-order valence-electron chi connectivity index (χ0n) is 43.5. The third-order valence-electron chi connectivity index (χ3n) is 16.0. The minimum Gasteiger partial charge on any atom is -0.459 e. The SMILES string of the molecule is CC[C@H]1OC(=O)[C@H](C)[C@@H](O[C@H]2C[C@@](C)(OC)[C@](O)(CNCCC3CCOCC3)[C@H](C)O2)[C@H](C)[C@@H](O[C@@H]2O[C@H](C)C[C@H](N(C)S(=O)(=O)c3ccc(Cl)cc3)[C@H]2O)[C@](C)(O)C[C@@H](C)CN[C@H](C)[C@@H](O)[C@]1(C)O. The second-order valence-corrected chi connectivity index (χ2v) is 24.0. The summed E-state index contributed by atoms with van der Waals surface area (Å²) in [5.41, 5.74) is -6.41. The van der Waals surface area contributed by atoms with Gasteiger partial charge in [0.1, 0.15) is 35.1 Å². The first-order valence-electron chi connectivity index (χ1n) is 25.3. The maximum atomic E-state index is 14.6. The number of hydrogen-bond donors (Lipinski definition) is 7. The molecular weight excluding hydrogens is 950 g/mol. The number of carbonyl (C=O) groups is 1. The van der Waals surface area contributed by atoms with Gasteiger partial charge in [-0.3, -0.25) is 4.79 Å². The summed E-state index contributed by atoms with van der Waals surface area (Å²) in [6, 6.07) is 4.01. The summed E-state index contributed by atoms with van der Waals surface area (Å²) in [7, 11) is -1.26. The number of nitrogens with zero attached hydrogens (tertiary/aromatic N) is 1. The zero-order chi connectivity index (χ0) is 52.1. The highest BCUT2D eigenvalue weighted by Crippen LogP contribution is 2.43. The van der Waals surface area contributed by atoms with Gasteiger partial charge in [0, 0.05) is 57.3 Å². The van der Waals surface area contributed by atoms with E-state index in [2.05, 4.69) is 10.6 Å². The normalized spacial score (nSPS) is 42.5. The quantitative estimate of drug-likeness (QED) is 0.104. The van der Waals surface area contributed by atoms with E-state index >= 15 is 0 Å². The highest BCUT2D eigenvalue weighted by Gasteiger charge is 2.58. The molecule has 70 heavy (non-hydrogen) atoms. The lowest BCUT2D eigenvalue weighted by molar-refractivity contribution is -0.336. The molecule has 0 bridgehead atoms. The van der Waals surface area contributed by atoms with E-state index in [1.807, 2.05) is 6.92 Å². The van der Waals surface area contributed by atoms with Gasteiger partial charge < -0.3 is 69.3 Å². The van der Waals surface area contributed by atoms with E-state index in [-0.39, 0.29) is 49.6 Å². The number of benzene rings is 1. The van der Waals surface area contributed by atoms with Crippen LogP contribution in [0.3, 0.4) is 0 Å². The van der Waals surface area contributed by atoms with Crippen LogP contribution in [0.2, 0.25) is 5.02 Å². The maximum Gasteiger partial charge on any atom is 0.311 e. The van der Waals surface area contributed by atoms with Crippen LogP contribution < -0.4 is 10.6 Å². The topological polar surface area (TPSA) is 244 Å². The summed E-state index contributed by atoms with van der Waals surface area (Å²) in [6.45, 7) is 19.6. The molecule has 18 nitrogen and oxygen atoms in total. The van der Waals surface area contributed by atoms with E-state index in [9.17, 15) is 38.7 Å². The molecule has 0 aliphatic carbocycles. The molecule has 4 aliphatic heterocycles. The number of ether oxygens (including phenoxy) is 7. The van der Waals surface area contributed by atoms with E-state index in [0.717, 1.165) is 36.8 Å². The van der Waals surface area contributed by atoms with Crippen molar-refractivity contribution >= 4 is 27.6 Å². The smallest absolute Gasteiger partial charge is 0.311 e. The molecule has 0 aromatic heterocycles. The number of sulfonamides is 1. The largest absolute Gasteiger partial charge is 0.459 e. The fraction of sp³-hybridized carbons (Fsp3) is 0.860. The number of cyclic esters (lactones) is 1. The van der Waals surface area contributed by atoms with Crippen molar-refractivity contribution in [2.45, 2.75) is 209 Å². The lowest BCUT2D eigenvalue weighted by Gasteiger charge is -2.53. The molecule has 7 N–H and O–H groups in total. The Morgan fingerprint density at radius 3 is 2.21 bits per heavy atom. The van der Waals surface area contributed by atoms with E-state index in [4.69, 9.17) is 44.8 Å². The highest BCUT2D eigenvalue weighted by molar-refractivity contribution is 7.89. The van der Waals surface area contributed by atoms with Crippen LogP contribution in [0.25, 0.3) is 0 Å². The van der Waals surface area contributed by atoms with E-state index in [1.54, 1.807) is 55.4 Å². The highest BCUT2D eigenvalue weighted by atomic mass is 35.5. The van der Waals surface area contributed by atoms with Crippen molar-refractivity contribution in [2.24, 2.45) is 23.7 Å². The number of rotatable bonds is 14. The number of esters is 1. The Hall–Kier alpha value is -1.63. The standard InChI is InChI=1S/C50H86ClN3O15S/c1-13-39-49(10,59)43(56)33(6)53-27-29(2)25-47(8,58)44(69-46-41(55)38(24-30(3)65-46)54(11)70(61,62)37-16-14-36(51)15-17-37)31(4)42(32(5)45(57)67-39)68-40-26-48(9,63-12)50(60,34(7)66-40)28-52-21-18-35-19-22-64-23-20-35/h14-17,29-35,38-44,46,52-53,55-56,58-60H,13,18-28H2,1-12H3/t29-,30-,31+,32-,33-,34+,38+,39-,40+,41-,42+,43-,44-,46+,47-,48-,49-,50+/m1/s1. The second-order valence-electron chi connectivity index (χ2n) is 21.5. The number of likely N-dealkylation sites (N-methyl/N-ethyl adjacent to an activating group) is 1. The molecule has 4 saturated heterocycles. The molecule has 0 amide bonds. The summed E-state index contributed by atoms with van der Waals surface area (Å²) in [6.07, 6.45) is -7.38. The van der Waals surface area contributed by atoms with Gasteiger partial charge in [-0.05, 0) is 136 Å². The summed E-state index contributed by atoms with van der Waals surface area (Å²) in [5.74, 6) is -2.65. The Balaban J connectivity index is 1.52. The van der Waals surface area contributed by atoms with Crippen LogP contribution in [0.4, 0.5) is 0 Å². The van der Waals surface area contributed by atoms with Gasteiger partial charge >= 0.3 is 5.97 Å². The Labute approximate surface area is 421 Å². The predicted octanol–water partition coefficient (Wildman–Crippen LogP) is 3.75. The van der Waals surface area contributed by atoms with Crippen LogP contribution in [0.15, 0.2) is 29.2 Å². The van der Waals surface area contributed by atoms with E-state index in [0.29, 0.717) is 17.5 Å². The van der Waals surface area contributed by atoms with Crippen LogP contribution in [0.5, 0.6) is 0 Å². The van der Waals surface area contributed by atoms with Crippen molar-refractivity contribution in [3.63, 3.8) is 0 Å². The molecule has 1 aromatic carbocycles. The molecule has 4 heterocycles. The Morgan fingerprint density at radius 1 is 0.957 bits per heavy atom. The summed E-state index contributed by atoms with van der Waals surface area (Å²) in [5, 5.41) is 67.7. The van der Waals surface area contributed by atoms with Crippen molar-refractivity contribution in [1.82, 2.24) is 14.9 Å². The number of halogens is 1. The molecule has 18 atom stereocenters. The van der Waals surface area contributed by atoms with Crippen molar-refractivity contribution in [3.05, 3.63) is 29.3 Å². The predicted molar refractivity (Wildman–Crippen MR) is 262 cm³/mol. The molecule has 20 heteroatoms. The average molecular weight is 1040 g/mol. The van der Waals surface area contributed by atoms with Crippen LogP contribution in [0, 0.1) is 23.7 Å². The zero-order valence-corrected chi connectivity index (χ0v) is 45.1. The molecule has 0 radical (unpaired) electrons. The van der Waals surface area contributed by atoms with E-state index < -0.39 is 118 Å². The Bertz CT molecular complexity index is 1930. The number of aliphatic hydroxyl groups excluding tert-OH is 2. The maximum absolute atomic E-state index is 14.6. The van der Waals surface area contributed by atoms with Gasteiger partial charge in [0.25, 0.3) is 0 Å².